The Morgan fingerprint density at radius 1 is 1.27 bits per heavy atom. The number of hydrogen-bond acceptors (Lipinski definition) is 2. The Morgan fingerprint density at radius 2 is 1.96 bits per heavy atom. The summed E-state index contributed by atoms with van der Waals surface area (Å²) in [6.07, 6.45) is -3.36. The van der Waals surface area contributed by atoms with Crippen molar-refractivity contribution in [3.63, 3.8) is 0 Å². The molecule has 1 heterocycles. The van der Waals surface area contributed by atoms with Gasteiger partial charge in [-0.2, -0.15) is 13.2 Å². The van der Waals surface area contributed by atoms with E-state index in [2.05, 4.69) is 15.6 Å². The van der Waals surface area contributed by atoms with Crippen molar-refractivity contribution in [2.24, 2.45) is 10.9 Å². The zero-order valence-corrected chi connectivity index (χ0v) is 17.7. The molecule has 0 saturated carbocycles. The first kappa shape index (κ1) is 23.3. The first-order chi connectivity index (χ1) is 11.9. The molecule has 1 aliphatic rings. The fourth-order valence-corrected chi connectivity index (χ4v) is 2.95. The first-order valence-corrected chi connectivity index (χ1v) is 8.79. The van der Waals surface area contributed by atoms with Crippen molar-refractivity contribution < 1.29 is 13.2 Å². The molecule has 1 fully saturated rings. The summed E-state index contributed by atoms with van der Waals surface area (Å²) in [5.74, 6) is 0.869. The molecule has 1 aromatic carbocycles. The van der Waals surface area contributed by atoms with E-state index in [1.54, 1.807) is 0 Å². The fraction of sp³-hybridized carbons (Fsp3) is 0.588. The van der Waals surface area contributed by atoms with Crippen molar-refractivity contribution in [3.05, 3.63) is 34.9 Å². The van der Waals surface area contributed by atoms with Crippen molar-refractivity contribution in [2.75, 3.05) is 32.7 Å². The molecule has 2 N–H and O–H groups in total. The van der Waals surface area contributed by atoms with Crippen molar-refractivity contribution in [1.29, 1.82) is 0 Å². The number of likely N-dealkylation sites (tertiary alicyclic amines) is 1. The fourth-order valence-electron chi connectivity index (χ4n) is 2.82. The average Bonchev–Trinajstić information content (AvgIpc) is 2.97. The maximum Gasteiger partial charge on any atom is 0.401 e. The summed E-state index contributed by atoms with van der Waals surface area (Å²) in [5.41, 5.74) is 1.04. The Morgan fingerprint density at radius 3 is 2.58 bits per heavy atom. The minimum Gasteiger partial charge on any atom is -0.357 e. The SMILES string of the molecule is CCNC(=NCc1ccc(Cl)cc1)NCC1CCN(CC(F)(F)F)C1.I. The van der Waals surface area contributed by atoms with E-state index in [4.69, 9.17) is 11.6 Å². The zero-order valence-electron chi connectivity index (χ0n) is 14.7. The Kier molecular flexibility index (Phi) is 10.0. The second-order valence-electron chi connectivity index (χ2n) is 6.21. The maximum absolute atomic E-state index is 12.4. The van der Waals surface area contributed by atoms with Crippen molar-refractivity contribution >= 4 is 41.5 Å². The lowest BCUT2D eigenvalue weighted by molar-refractivity contribution is -0.143. The van der Waals surface area contributed by atoms with Gasteiger partial charge in [0, 0.05) is 24.7 Å². The number of benzene rings is 1. The predicted octanol–water partition coefficient (Wildman–Crippen LogP) is 3.90. The highest BCUT2D eigenvalue weighted by Crippen LogP contribution is 2.22. The van der Waals surface area contributed by atoms with Crippen LogP contribution in [0.25, 0.3) is 0 Å². The summed E-state index contributed by atoms with van der Waals surface area (Å²) in [4.78, 5) is 5.97. The van der Waals surface area contributed by atoms with Crippen LogP contribution < -0.4 is 10.6 Å². The first-order valence-electron chi connectivity index (χ1n) is 8.41. The topological polar surface area (TPSA) is 39.7 Å². The van der Waals surface area contributed by atoms with Crippen LogP contribution in [-0.4, -0.2) is 49.8 Å². The van der Waals surface area contributed by atoms with Crippen LogP contribution in [0.3, 0.4) is 0 Å². The van der Waals surface area contributed by atoms with Gasteiger partial charge in [-0.1, -0.05) is 23.7 Å². The molecule has 0 bridgehead atoms. The lowest BCUT2D eigenvalue weighted by Crippen LogP contribution is -2.40. The van der Waals surface area contributed by atoms with Gasteiger partial charge in [0.1, 0.15) is 0 Å². The van der Waals surface area contributed by atoms with Crippen LogP contribution in [-0.2, 0) is 6.54 Å². The summed E-state index contributed by atoms with van der Waals surface area (Å²) < 4.78 is 37.3. The molecule has 0 radical (unpaired) electrons. The van der Waals surface area contributed by atoms with Crippen LogP contribution in [0.15, 0.2) is 29.3 Å². The molecule has 0 aliphatic carbocycles. The highest BCUT2D eigenvalue weighted by molar-refractivity contribution is 14.0. The van der Waals surface area contributed by atoms with E-state index in [0.29, 0.717) is 37.2 Å². The van der Waals surface area contributed by atoms with Crippen LogP contribution in [0.2, 0.25) is 5.02 Å². The average molecular weight is 505 g/mol. The molecule has 0 aromatic heterocycles. The van der Waals surface area contributed by atoms with Gasteiger partial charge in [0.25, 0.3) is 0 Å². The van der Waals surface area contributed by atoms with Gasteiger partial charge in [-0.3, -0.25) is 4.90 Å². The predicted molar refractivity (Wildman–Crippen MR) is 110 cm³/mol. The molecule has 148 valence electrons. The third-order valence-electron chi connectivity index (χ3n) is 4.01. The van der Waals surface area contributed by atoms with Gasteiger partial charge in [0.15, 0.2) is 5.96 Å². The number of nitrogens with one attached hydrogen (secondary N) is 2. The molecule has 4 nitrogen and oxygen atoms in total. The van der Waals surface area contributed by atoms with Gasteiger partial charge in [-0.05, 0) is 43.5 Å². The van der Waals surface area contributed by atoms with Crippen LogP contribution >= 0.6 is 35.6 Å². The van der Waals surface area contributed by atoms with E-state index in [0.717, 1.165) is 18.5 Å². The monoisotopic (exact) mass is 504 g/mol. The highest BCUT2D eigenvalue weighted by Gasteiger charge is 2.34. The second kappa shape index (κ2) is 11.2. The number of aliphatic imine (C=N–C) groups is 1. The number of hydrogen-bond donors (Lipinski definition) is 2. The van der Waals surface area contributed by atoms with Crippen LogP contribution in [0.4, 0.5) is 13.2 Å². The number of nitrogens with zero attached hydrogens (tertiary/aromatic N) is 2. The molecule has 1 atom stereocenters. The minimum absolute atomic E-state index is 0. The largest absolute Gasteiger partial charge is 0.401 e. The van der Waals surface area contributed by atoms with E-state index in [-0.39, 0.29) is 29.9 Å². The summed E-state index contributed by atoms with van der Waals surface area (Å²) in [6, 6.07) is 7.48. The minimum atomic E-state index is -4.13. The standard InChI is InChI=1S/C17H24ClF3N4.HI/c1-2-22-16(23-9-13-3-5-15(18)6-4-13)24-10-14-7-8-25(11-14)12-17(19,20)21;/h3-6,14H,2,7-12H2,1H3,(H2,22,23,24);1H. The normalized spacial score (nSPS) is 18.5. The lowest BCUT2D eigenvalue weighted by Gasteiger charge is -2.18. The van der Waals surface area contributed by atoms with Gasteiger partial charge in [-0.25, -0.2) is 4.99 Å². The van der Waals surface area contributed by atoms with Gasteiger partial charge >= 0.3 is 6.18 Å². The molecule has 1 aliphatic heterocycles. The third-order valence-corrected chi connectivity index (χ3v) is 4.26. The molecule has 1 saturated heterocycles. The molecular weight excluding hydrogens is 480 g/mol. The van der Waals surface area contributed by atoms with Crippen LogP contribution in [0.1, 0.15) is 18.9 Å². The summed E-state index contributed by atoms with van der Waals surface area (Å²) in [7, 11) is 0. The van der Waals surface area contributed by atoms with Gasteiger partial charge < -0.3 is 10.6 Å². The third kappa shape index (κ3) is 8.77. The lowest BCUT2D eigenvalue weighted by atomic mass is 10.1. The Hall–Kier alpha value is -0.740. The molecular formula is C17H25ClF3IN4. The molecule has 1 unspecified atom stereocenters. The smallest absolute Gasteiger partial charge is 0.357 e. The van der Waals surface area contributed by atoms with Crippen molar-refractivity contribution in [2.45, 2.75) is 26.1 Å². The number of halogens is 5. The van der Waals surface area contributed by atoms with E-state index in [1.807, 2.05) is 31.2 Å². The van der Waals surface area contributed by atoms with Crippen LogP contribution in [0, 0.1) is 5.92 Å². The summed E-state index contributed by atoms with van der Waals surface area (Å²) in [6.45, 7) is 3.94. The molecule has 0 amide bonds. The van der Waals surface area contributed by atoms with Crippen molar-refractivity contribution in [3.8, 4) is 0 Å². The quantitative estimate of drug-likeness (QED) is 0.351. The Bertz CT molecular complexity index is 566. The molecule has 9 heteroatoms. The molecule has 0 spiro atoms. The van der Waals surface area contributed by atoms with Crippen LogP contribution in [0.5, 0.6) is 0 Å². The highest BCUT2D eigenvalue weighted by atomic mass is 127. The second-order valence-corrected chi connectivity index (χ2v) is 6.64. The zero-order chi connectivity index (χ0) is 18.3. The Labute approximate surface area is 174 Å². The van der Waals surface area contributed by atoms with Gasteiger partial charge in [-0.15, -0.1) is 24.0 Å². The number of rotatable bonds is 6. The number of alkyl halides is 3. The maximum atomic E-state index is 12.4. The molecule has 26 heavy (non-hydrogen) atoms. The van der Waals surface area contributed by atoms with E-state index in [9.17, 15) is 13.2 Å². The van der Waals surface area contributed by atoms with E-state index < -0.39 is 12.7 Å². The summed E-state index contributed by atoms with van der Waals surface area (Å²) >= 11 is 5.86. The van der Waals surface area contributed by atoms with E-state index in [1.165, 1.54) is 4.90 Å². The Balaban J connectivity index is 0.00000338. The number of guanidine groups is 1. The summed E-state index contributed by atoms with van der Waals surface area (Å²) in [5, 5.41) is 7.07. The van der Waals surface area contributed by atoms with Crippen molar-refractivity contribution in [1.82, 2.24) is 15.5 Å². The van der Waals surface area contributed by atoms with E-state index >= 15 is 0 Å². The van der Waals surface area contributed by atoms with Gasteiger partial charge in [0.2, 0.25) is 0 Å². The molecule has 1 aromatic rings. The van der Waals surface area contributed by atoms with Gasteiger partial charge in [0.05, 0.1) is 13.1 Å². The molecule has 2 rings (SSSR count).